The van der Waals surface area contributed by atoms with E-state index in [0.717, 1.165) is 47.0 Å². The van der Waals surface area contributed by atoms with E-state index in [1.807, 2.05) is 50.8 Å². The number of hydrogen-bond acceptors (Lipinski definition) is 5. The van der Waals surface area contributed by atoms with Crippen molar-refractivity contribution in [3.8, 4) is 11.1 Å². The van der Waals surface area contributed by atoms with Crippen molar-refractivity contribution in [3.63, 3.8) is 0 Å². The lowest BCUT2D eigenvalue weighted by Crippen LogP contribution is -2.41. The fraction of sp³-hybridized carbons (Fsp3) is 0.486. The number of ether oxygens (including phenoxy) is 1. The molecular weight excluding hydrogens is 626 g/mol. The van der Waals surface area contributed by atoms with Crippen molar-refractivity contribution < 1.29 is 31.9 Å². The number of aromatic nitrogens is 1. The van der Waals surface area contributed by atoms with Crippen molar-refractivity contribution in [1.29, 1.82) is 0 Å². The fourth-order valence-electron chi connectivity index (χ4n) is 6.33. The summed E-state index contributed by atoms with van der Waals surface area (Å²) in [5.74, 6) is -2.14. The zero-order chi connectivity index (χ0) is 35.3. The molecule has 1 aliphatic heterocycles. The monoisotopic (exact) mass is 671 g/mol. The summed E-state index contributed by atoms with van der Waals surface area (Å²) < 4.78 is 64.3. The number of alkyl halides is 3. The van der Waals surface area contributed by atoms with Crippen LogP contribution in [-0.4, -0.2) is 47.6 Å². The number of carbonyl (C=O) groups is 2. The van der Waals surface area contributed by atoms with E-state index in [1.54, 1.807) is 26.0 Å². The summed E-state index contributed by atoms with van der Waals surface area (Å²) in [5.41, 5.74) is 1.80. The molecule has 260 valence electrons. The molecule has 2 atom stereocenters. The van der Waals surface area contributed by atoms with Gasteiger partial charge in [-0.25, -0.2) is 4.39 Å². The molecule has 0 saturated carbocycles. The first-order chi connectivity index (χ1) is 22.6. The highest BCUT2D eigenvalue weighted by atomic mass is 19.4. The van der Waals surface area contributed by atoms with Gasteiger partial charge in [-0.05, 0) is 111 Å². The number of amides is 1. The second-order valence-electron chi connectivity index (χ2n) is 13.1. The number of esters is 1. The normalized spacial score (nSPS) is 14.8. The van der Waals surface area contributed by atoms with Gasteiger partial charge < -0.3 is 19.5 Å². The van der Waals surface area contributed by atoms with Crippen molar-refractivity contribution >= 4 is 11.9 Å². The molecule has 0 bridgehead atoms. The summed E-state index contributed by atoms with van der Waals surface area (Å²) in [6.45, 7) is 12.8. The molecule has 1 amide bonds. The van der Waals surface area contributed by atoms with E-state index in [-0.39, 0.29) is 36.5 Å². The van der Waals surface area contributed by atoms with Crippen LogP contribution in [0.25, 0.3) is 11.1 Å². The van der Waals surface area contributed by atoms with Crippen LogP contribution in [0, 0.1) is 32.5 Å². The number of benzene rings is 2. The Hall–Kier alpha value is -3.99. The number of carbonyl (C=O) groups excluding carboxylic acids is 2. The quantitative estimate of drug-likeness (QED) is 0.153. The zero-order valence-corrected chi connectivity index (χ0v) is 28.5. The molecule has 48 heavy (non-hydrogen) atoms. The highest BCUT2D eigenvalue weighted by Crippen LogP contribution is 2.35. The van der Waals surface area contributed by atoms with Gasteiger partial charge in [0, 0.05) is 24.4 Å². The maximum atomic E-state index is 16.0. The number of nitrogens with zero attached hydrogens (tertiary/aromatic N) is 2. The van der Waals surface area contributed by atoms with Crippen molar-refractivity contribution in [2.24, 2.45) is 5.92 Å². The van der Waals surface area contributed by atoms with Gasteiger partial charge in [0.1, 0.15) is 11.9 Å². The largest absolute Gasteiger partial charge is 0.466 e. The molecule has 1 aliphatic rings. The molecule has 2 heterocycles. The zero-order valence-electron chi connectivity index (χ0n) is 28.5. The molecule has 0 spiro atoms. The van der Waals surface area contributed by atoms with Crippen LogP contribution in [0.3, 0.4) is 0 Å². The van der Waals surface area contributed by atoms with Crippen LogP contribution in [0.15, 0.2) is 47.4 Å². The second-order valence-corrected chi connectivity index (χ2v) is 13.1. The van der Waals surface area contributed by atoms with Crippen LogP contribution in [0.4, 0.5) is 17.6 Å². The summed E-state index contributed by atoms with van der Waals surface area (Å²) in [7, 11) is 0. The summed E-state index contributed by atoms with van der Waals surface area (Å²) in [6, 6.07) is 7.26. The number of rotatable bonds is 13. The Morgan fingerprint density at radius 1 is 1.02 bits per heavy atom. The fourth-order valence-corrected chi connectivity index (χ4v) is 6.33. The van der Waals surface area contributed by atoms with Crippen LogP contribution < -0.4 is 10.9 Å². The molecule has 1 saturated heterocycles. The highest BCUT2D eigenvalue weighted by Gasteiger charge is 2.36. The van der Waals surface area contributed by atoms with Crippen LogP contribution in [0.1, 0.15) is 85.5 Å². The maximum Gasteiger partial charge on any atom is 0.416 e. The van der Waals surface area contributed by atoms with Gasteiger partial charge in [0.15, 0.2) is 0 Å². The number of halogens is 4. The molecule has 1 aromatic heterocycles. The van der Waals surface area contributed by atoms with E-state index >= 15 is 4.39 Å². The Labute approximate surface area is 279 Å². The standard InChI is InChI=1S/C37H45F4N3O4/c1-7-48-33(46)20-30(28-18-27(17-25(6)35(28)38)34-23(4)10-8-11-24(34)5)42-36(47)31(16-22(2)3)44-21-26(12-15-43-13-9-14-43)29(19-32(44)45)37(39,40)41/h8,10-11,17-19,21-22,30-31H,7,9,12-16,20H2,1-6H3,(H,42,47)/t30-,31?/m0/s1. The van der Waals surface area contributed by atoms with Crippen LogP contribution >= 0.6 is 0 Å². The Morgan fingerprint density at radius 3 is 2.25 bits per heavy atom. The number of likely N-dealkylation sites (tertiary alicyclic amines) is 1. The van der Waals surface area contributed by atoms with E-state index in [9.17, 15) is 27.6 Å². The minimum absolute atomic E-state index is 0.0478. The number of nitrogens with one attached hydrogen (secondary N) is 1. The molecule has 2 aromatic carbocycles. The molecule has 1 N–H and O–H groups in total. The van der Waals surface area contributed by atoms with Gasteiger partial charge in [-0.15, -0.1) is 0 Å². The Morgan fingerprint density at radius 2 is 1.69 bits per heavy atom. The topological polar surface area (TPSA) is 80.6 Å². The average molecular weight is 672 g/mol. The van der Waals surface area contributed by atoms with E-state index in [0.29, 0.717) is 23.7 Å². The smallest absolute Gasteiger partial charge is 0.416 e. The van der Waals surface area contributed by atoms with Gasteiger partial charge in [-0.3, -0.25) is 14.4 Å². The average Bonchev–Trinajstić information content (AvgIpc) is 2.96. The Bertz CT molecular complexity index is 1670. The summed E-state index contributed by atoms with van der Waals surface area (Å²) >= 11 is 0. The molecule has 4 rings (SSSR count). The van der Waals surface area contributed by atoms with E-state index in [2.05, 4.69) is 5.32 Å². The minimum atomic E-state index is -4.75. The van der Waals surface area contributed by atoms with E-state index in [1.165, 1.54) is 0 Å². The predicted octanol–water partition coefficient (Wildman–Crippen LogP) is 7.24. The summed E-state index contributed by atoms with van der Waals surface area (Å²) in [6.07, 6.45) is -2.87. The predicted molar refractivity (Wildman–Crippen MR) is 177 cm³/mol. The Kier molecular flexibility index (Phi) is 11.9. The lowest BCUT2D eigenvalue weighted by atomic mass is 9.90. The lowest BCUT2D eigenvalue weighted by molar-refractivity contribution is -0.144. The third kappa shape index (κ3) is 8.72. The molecule has 7 nitrogen and oxygen atoms in total. The van der Waals surface area contributed by atoms with Crippen molar-refractivity contribution in [2.75, 3.05) is 26.2 Å². The number of hydrogen-bond donors (Lipinski definition) is 1. The molecule has 0 aliphatic carbocycles. The molecule has 1 fully saturated rings. The number of aryl methyl sites for hydroxylation is 3. The minimum Gasteiger partial charge on any atom is -0.466 e. The third-order valence-corrected chi connectivity index (χ3v) is 8.87. The third-order valence-electron chi connectivity index (χ3n) is 8.87. The van der Waals surface area contributed by atoms with Gasteiger partial charge >= 0.3 is 12.1 Å². The highest BCUT2D eigenvalue weighted by molar-refractivity contribution is 5.82. The second kappa shape index (κ2) is 15.5. The molecular formula is C37H45F4N3O4. The van der Waals surface area contributed by atoms with Crippen LogP contribution in [-0.2, 0) is 26.9 Å². The van der Waals surface area contributed by atoms with Gasteiger partial charge in [0.2, 0.25) is 5.91 Å². The summed E-state index contributed by atoms with van der Waals surface area (Å²) in [4.78, 5) is 42.3. The molecule has 3 aromatic rings. The van der Waals surface area contributed by atoms with E-state index in [4.69, 9.17) is 4.74 Å². The van der Waals surface area contributed by atoms with Crippen LogP contribution in [0.2, 0.25) is 0 Å². The first-order valence-electron chi connectivity index (χ1n) is 16.5. The van der Waals surface area contributed by atoms with Crippen molar-refractivity contribution in [3.05, 3.63) is 92.1 Å². The SMILES string of the molecule is CCOC(=O)C[C@H](NC(=O)C(CC(C)C)n1cc(CCN2CCC2)c(C(F)(F)F)cc1=O)c1cc(-c2c(C)cccc2C)cc(C)c1F. The van der Waals surface area contributed by atoms with Gasteiger partial charge in [0.25, 0.3) is 5.56 Å². The summed E-state index contributed by atoms with van der Waals surface area (Å²) in [5, 5.41) is 2.79. The maximum absolute atomic E-state index is 16.0. The van der Waals surface area contributed by atoms with Crippen molar-refractivity contribution in [1.82, 2.24) is 14.8 Å². The molecule has 0 radical (unpaired) electrons. The van der Waals surface area contributed by atoms with Crippen LogP contribution in [0.5, 0.6) is 0 Å². The first-order valence-corrected chi connectivity index (χ1v) is 16.5. The van der Waals surface area contributed by atoms with Gasteiger partial charge in [-0.2, -0.15) is 13.2 Å². The van der Waals surface area contributed by atoms with Crippen molar-refractivity contribution in [2.45, 2.75) is 85.5 Å². The van der Waals surface area contributed by atoms with Gasteiger partial charge in [0.05, 0.1) is 24.6 Å². The Balaban J connectivity index is 1.79. The van der Waals surface area contributed by atoms with Gasteiger partial charge in [-0.1, -0.05) is 32.0 Å². The first kappa shape index (κ1) is 36.8. The lowest BCUT2D eigenvalue weighted by Gasteiger charge is -2.31. The number of pyridine rings is 1. The van der Waals surface area contributed by atoms with E-state index < -0.39 is 53.5 Å². The molecule has 11 heteroatoms. The molecule has 1 unspecified atom stereocenters.